The van der Waals surface area contributed by atoms with E-state index >= 15 is 0 Å². The molecule has 1 saturated heterocycles. The van der Waals surface area contributed by atoms with Crippen molar-refractivity contribution in [3.63, 3.8) is 0 Å². The summed E-state index contributed by atoms with van der Waals surface area (Å²) in [5, 5.41) is 26.5. The highest BCUT2D eigenvalue weighted by molar-refractivity contribution is 6.32. The first-order chi connectivity index (χ1) is 24.9. The number of ether oxygens (including phenoxy) is 3. The maximum absolute atomic E-state index is 14.1. The molecule has 13 heteroatoms. The number of aliphatic hydroxyl groups excluding tert-OH is 1. The Hall–Kier alpha value is -5.14. The summed E-state index contributed by atoms with van der Waals surface area (Å²) in [6, 6.07) is 0. The fourth-order valence-corrected chi connectivity index (χ4v) is 7.02. The smallest absolute Gasteiger partial charge is 0.310 e. The Labute approximate surface area is 303 Å². The lowest BCUT2D eigenvalue weighted by Gasteiger charge is -2.20. The second-order valence-corrected chi connectivity index (χ2v) is 13.1. The minimum atomic E-state index is -0.955. The number of nitrogens with one attached hydrogen (secondary N) is 2. The van der Waals surface area contributed by atoms with Crippen LogP contribution >= 0.6 is 0 Å². The summed E-state index contributed by atoms with van der Waals surface area (Å²) in [5.74, 6) is -2.52. The van der Waals surface area contributed by atoms with Gasteiger partial charge in [-0.25, -0.2) is 15.0 Å². The van der Waals surface area contributed by atoms with Gasteiger partial charge in [0.05, 0.1) is 79.4 Å². The Morgan fingerprint density at radius 2 is 1.67 bits per heavy atom. The maximum atomic E-state index is 14.1. The van der Waals surface area contributed by atoms with Crippen LogP contribution in [-0.4, -0.2) is 85.8 Å². The van der Waals surface area contributed by atoms with Gasteiger partial charge in [0.15, 0.2) is 0 Å². The molecule has 0 aliphatic carbocycles. The molecule has 0 aromatic heterocycles. The van der Waals surface area contributed by atoms with Crippen molar-refractivity contribution in [3.8, 4) is 0 Å². The lowest BCUT2D eigenvalue weighted by molar-refractivity contribution is -0.140. The summed E-state index contributed by atoms with van der Waals surface area (Å²) in [4.78, 5) is 54.1. The largest absolute Gasteiger partial charge is 0.515 e. The van der Waals surface area contributed by atoms with E-state index in [1.807, 2.05) is 52.8 Å². The van der Waals surface area contributed by atoms with Crippen LogP contribution in [0.15, 0.2) is 107 Å². The molecule has 8 bridgehead atoms. The highest BCUT2D eigenvalue weighted by Gasteiger charge is 2.40. The molecule has 0 radical (unpaired) electrons. The van der Waals surface area contributed by atoms with Crippen molar-refractivity contribution < 1.29 is 38.8 Å². The Morgan fingerprint density at radius 3 is 2.35 bits per heavy atom. The van der Waals surface area contributed by atoms with Crippen LogP contribution in [0.2, 0.25) is 0 Å². The van der Waals surface area contributed by atoms with Crippen LogP contribution in [-0.2, 0) is 28.6 Å². The van der Waals surface area contributed by atoms with Crippen molar-refractivity contribution in [2.75, 3.05) is 40.6 Å². The van der Waals surface area contributed by atoms with Crippen LogP contribution in [0, 0.1) is 11.8 Å². The van der Waals surface area contributed by atoms with Crippen LogP contribution in [0.1, 0.15) is 60.3 Å². The van der Waals surface area contributed by atoms with Gasteiger partial charge in [0.2, 0.25) is 0 Å². The highest BCUT2D eigenvalue weighted by atomic mass is 16.5. The molecule has 0 aromatic carbocycles. The average molecular weight is 714 g/mol. The molecule has 5 rings (SSSR count). The topological polar surface area (TPSA) is 180 Å². The maximum Gasteiger partial charge on any atom is 0.310 e. The molecular weight excluding hydrogens is 666 g/mol. The summed E-state index contributed by atoms with van der Waals surface area (Å²) < 4.78 is 15.8. The molecule has 5 heterocycles. The minimum Gasteiger partial charge on any atom is -0.515 e. The van der Waals surface area contributed by atoms with Crippen molar-refractivity contribution in [2.24, 2.45) is 26.8 Å². The number of methoxy groups -OCH3 is 2. The van der Waals surface area contributed by atoms with E-state index in [-0.39, 0.29) is 49.8 Å². The summed E-state index contributed by atoms with van der Waals surface area (Å²) in [6.07, 6.45) is 7.23. The van der Waals surface area contributed by atoms with E-state index in [0.29, 0.717) is 76.3 Å². The molecule has 5 aliphatic heterocycles. The number of aliphatic hydroxyl groups is 1. The van der Waals surface area contributed by atoms with Gasteiger partial charge in [0, 0.05) is 54.5 Å². The Balaban J connectivity index is 1.77. The van der Waals surface area contributed by atoms with Gasteiger partial charge in [-0.15, -0.1) is 0 Å². The van der Waals surface area contributed by atoms with Crippen LogP contribution in [0.4, 0.5) is 0 Å². The number of hydrogen-bond acceptors (Lipinski definition) is 11. The summed E-state index contributed by atoms with van der Waals surface area (Å²) >= 11 is 0. The van der Waals surface area contributed by atoms with E-state index in [9.17, 15) is 24.6 Å². The van der Waals surface area contributed by atoms with Crippen LogP contribution in [0.25, 0.3) is 0 Å². The van der Waals surface area contributed by atoms with E-state index in [0.717, 1.165) is 28.7 Å². The zero-order valence-corrected chi connectivity index (χ0v) is 30.8. The number of allylic oxidation sites excluding steroid dienone is 10. The molecule has 4 N–H and O–H groups in total. The predicted octanol–water partition coefficient (Wildman–Crippen LogP) is 5.09. The number of aliphatic imine (C=N–C) groups is 3. The third kappa shape index (κ3) is 7.70. The fraction of sp³-hybridized carbons (Fsp3) is 0.436. The van der Waals surface area contributed by atoms with Crippen molar-refractivity contribution in [1.82, 2.24) is 10.6 Å². The monoisotopic (exact) mass is 713 g/mol. The number of nitrogens with zero attached hydrogens (tertiary/aromatic N) is 3. The van der Waals surface area contributed by atoms with E-state index in [4.69, 9.17) is 29.2 Å². The normalized spacial score (nSPS) is 21.9. The standard InChI is InChI=1S/C39H47N5O8/c1-8-24-20(2)29-17-33-27(19-45)22(4)28(42-33)16-30-21(3)25(9-10-34(46)47)37(43-30)26(15-35(48)51-7)38-36(23(5)31(44-38)18-32(24)41-29)39(49)40-11-12-52-14-13-50-6/h16-19,21,25,43,45H,8-15H2,1-7H3,(H,40,49)(H,46,47). The Kier molecular flexibility index (Phi) is 12.1. The van der Waals surface area contributed by atoms with Gasteiger partial charge >= 0.3 is 11.9 Å². The number of carboxylic acids is 1. The molecule has 276 valence electrons. The van der Waals surface area contributed by atoms with E-state index < -0.39 is 17.8 Å². The lowest BCUT2D eigenvalue weighted by atomic mass is 9.84. The molecular formula is C39H47N5O8. The lowest BCUT2D eigenvalue weighted by Crippen LogP contribution is -2.32. The van der Waals surface area contributed by atoms with Gasteiger partial charge in [-0.3, -0.25) is 14.4 Å². The summed E-state index contributed by atoms with van der Waals surface area (Å²) in [6.45, 7) is 11.0. The van der Waals surface area contributed by atoms with Gasteiger partial charge < -0.3 is 35.1 Å². The number of carboxylic acid groups (broad SMARTS) is 1. The molecule has 5 aliphatic rings. The molecule has 2 unspecified atom stereocenters. The van der Waals surface area contributed by atoms with Crippen LogP contribution < -0.4 is 10.6 Å². The van der Waals surface area contributed by atoms with E-state index in [1.54, 1.807) is 7.11 Å². The second kappa shape index (κ2) is 16.5. The van der Waals surface area contributed by atoms with Gasteiger partial charge in [0.25, 0.3) is 5.91 Å². The number of fused-ring (bicyclic) bond motifs is 5. The zero-order chi connectivity index (χ0) is 37.7. The van der Waals surface area contributed by atoms with Gasteiger partial charge in [-0.1, -0.05) is 13.8 Å². The van der Waals surface area contributed by atoms with Gasteiger partial charge in [-0.2, -0.15) is 0 Å². The Bertz CT molecular complexity index is 1910. The highest BCUT2D eigenvalue weighted by Crippen LogP contribution is 2.43. The average Bonchev–Trinajstić information content (AvgIpc) is 3.80. The molecule has 2 atom stereocenters. The molecule has 1 fully saturated rings. The molecule has 1 amide bonds. The predicted molar refractivity (Wildman–Crippen MR) is 198 cm³/mol. The summed E-state index contributed by atoms with van der Waals surface area (Å²) in [5.41, 5.74) is 9.25. The number of hydrogen-bond donors (Lipinski definition) is 4. The van der Waals surface area contributed by atoms with Crippen molar-refractivity contribution in [3.05, 3.63) is 92.0 Å². The van der Waals surface area contributed by atoms with Crippen molar-refractivity contribution in [1.29, 1.82) is 0 Å². The quantitative estimate of drug-likeness (QED) is 0.115. The van der Waals surface area contributed by atoms with Gasteiger partial charge in [0.1, 0.15) is 0 Å². The third-order valence-corrected chi connectivity index (χ3v) is 10.0. The molecule has 0 spiro atoms. The number of amides is 1. The Morgan fingerprint density at radius 1 is 0.942 bits per heavy atom. The van der Waals surface area contributed by atoms with Crippen molar-refractivity contribution >= 4 is 35.0 Å². The first-order valence-corrected chi connectivity index (χ1v) is 17.5. The first kappa shape index (κ1) is 38.1. The fourth-order valence-electron chi connectivity index (χ4n) is 7.02. The number of esters is 1. The molecule has 0 saturated carbocycles. The molecule has 52 heavy (non-hydrogen) atoms. The molecule has 13 nitrogen and oxygen atoms in total. The molecule has 0 aromatic rings. The third-order valence-electron chi connectivity index (χ3n) is 10.0. The number of aliphatic carboxylic acids is 1. The first-order valence-electron chi connectivity index (χ1n) is 17.5. The van der Waals surface area contributed by atoms with Crippen molar-refractivity contribution in [2.45, 2.75) is 60.3 Å². The second-order valence-electron chi connectivity index (χ2n) is 13.1. The number of carbonyl (C=O) groups excluding carboxylic acids is 2. The summed E-state index contributed by atoms with van der Waals surface area (Å²) in [7, 11) is 2.88. The van der Waals surface area contributed by atoms with E-state index in [2.05, 4.69) is 10.6 Å². The van der Waals surface area contributed by atoms with Crippen LogP contribution in [0.3, 0.4) is 0 Å². The number of carbonyl (C=O) groups is 3. The van der Waals surface area contributed by atoms with Crippen LogP contribution in [0.5, 0.6) is 0 Å². The SMILES string of the molecule is CCC1=C(C)C2=CC3=NC(=C(C)C3=CO)C=C3NC(=C(CC(=O)OC)C4=NC(=CC1=N2)C(C)=C4C(=O)NCCOCCOC)C(CCC(=O)O)C3C. The number of rotatable bonds is 13. The van der Waals surface area contributed by atoms with E-state index in [1.165, 1.54) is 7.11 Å². The minimum absolute atomic E-state index is 0.123. The van der Waals surface area contributed by atoms with Gasteiger partial charge in [-0.05, 0) is 74.1 Å². The zero-order valence-electron chi connectivity index (χ0n) is 30.8.